The minimum atomic E-state index is -4.38. The summed E-state index contributed by atoms with van der Waals surface area (Å²) in [6.07, 6.45) is -3.12. The van der Waals surface area contributed by atoms with Crippen molar-refractivity contribution in [1.82, 2.24) is 10.2 Å². The van der Waals surface area contributed by atoms with Crippen LogP contribution in [0.1, 0.15) is 39.2 Å². The monoisotopic (exact) mass is 417 g/mol. The molecule has 1 aliphatic rings. The van der Waals surface area contributed by atoms with Gasteiger partial charge in [0.1, 0.15) is 24.9 Å². The summed E-state index contributed by atoms with van der Waals surface area (Å²) in [4.78, 5) is 30.2. The number of carbonyl (C=O) groups is 2. The molecule has 0 aliphatic carbocycles. The number of piperazine rings is 1. The number of alkyl halides is 3. The summed E-state index contributed by atoms with van der Waals surface area (Å²) in [5.41, 5.74) is -1.29. The van der Waals surface area contributed by atoms with E-state index in [2.05, 4.69) is 10.3 Å². The first-order valence-corrected chi connectivity index (χ1v) is 9.54. The molecule has 0 atom stereocenters. The molecule has 0 spiro atoms. The van der Waals surface area contributed by atoms with Crippen LogP contribution in [-0.4, -0.2) is 55.2 Å². The highest BCUT2D eigenvalue weighted by Crippen LogP contribution is 2.28. The Bertz CT molecular complexity index is 694. The third-order valence-electron chi connectivity index (χ3n) is 4.33. The van der Waals surface area contributed by atoms with Crippen molar-refractivity contribution in [2.75, 3.05) is 37.6 Å². The van der Waals surface area contributed by atoms with Gasteiger partial charge in [0.2, 0.25) is 5.91 Å². The van der Waals surface area contributed by atoms with E-state index in [9.17, 15) is 22.8 Å². The summed E-state index contributed by atoms with van der Waals surface area (Å²) in [5, 5.41) is 2.62. The number of halogens is 3. The van der Waals surface area contributed by atoms with Crippen molar-refractivity contribution in [3.63, 3.8) is 0 Å². The standard InChI is InChI=1S/C19H27F3N4O3/c1-18(2,3)29-17(28)23-8-4-5-16(27)26-11-9-25(10-12-26)15-7-6-14(13-24-15)19(20,21)22/h6-7,13H,4-5,8-12H2,1-3H3,(H,23,28)/p+1. The molecule has 2 heterocycles. The number of rotatable bonds is 5. The van der Waals surface area contributed by atoms with Crippen LogP contribution >= 0.6 is 0 Å². The number of carbonyl (C=O) groups excluding carboxylic acids is 2. The Morgan fingerprint density at radius 2 is 1.79 bits per heavy atom. The fourth-order valence-electron chi connectivity index (χ4n) is 2.89. The van der Waals surface area contributed by atoms with Gasteiger partial charge in [0, 0.05) is 19.0 Å². The van der Waals surface area contributed by atoms with Gasteiger partial charge in [-0.15, -0.1) is 0 Å². The molecule has 1 aliphatic heterocycles. The fourth-order valence-corrected chi connectivity index (χ4v) is 2.89. The van der Waals surface area contributed by atoms with Crippen molar-refractivity contribution >= 4 is 17.8 Å². The maximum atomic E-state index is 12.6. The Kier molecular flexibility index (Phi) is 7.32. The van der Waals surface area contributed by atoms with Gasteiger partial charge >= 0.3 is 12.3 Å². The smallest absolute Gasteiger partial charge is 0.419 e. The molecule has 0 radical (unpaired) electrons. The summed E-state index contributed by atoms with van der Waals surface area (Å²) in [6, 6.07) is 2.45. The molecule has 0 unspecified atom stereocenters. The lowest BCUT2D eigenvalue weighted by atomic mass is 10.2. The Hall–Kier alpha value is -2.52. The van der Waals surface area contributed by atoms with Crippen LogP contribution in [-0.2, 0) is 15.7 Å². The van der Waals surface area contributed by atoms with E-state index in [-0.39, 0.29) is 5.91 Å². The van der Waals surface area contributed by atoms with Crippen LogP contribution in [0.25, 0.3) is 0 Å². The van der Waals surface area contributed by atoms with Gasteiger partial charge in [-0.25, -0.2) is 9.78 Å². The number of H-pyrrole nitrogens is 1. The van der Waals surface area contributed by atoms with Crippen LogP contribution < -0.4 is 15.2 Å². The first kappa shape index (κ1) is 22.8. The molecule has 10 heteroatoms. The minimum Gasteiger partial charge on any atom is -0.444 e. The van der Waals surface area contributed by atoms with Crippen molar-refractivity contribution < 1.29 is 32.5 Å². The van der Waals surface area contributed by atoms with Gasteiger partial charge in [-0.05, 0) is 33.3 Å². The molecule has 162 valence electrons. The third kappa shape index (κ3) is 7.43. The maximum Gasteiger partial charge on any atom is 0.419 e. The molecule has 2 N–H and O–H groups in total. The average molecular weight is 417 g/mol. The summed E-state index contributed by atoms with van der Waals surface area (Å²) in [5.74, 6) is 0.582. The van der Waals surface area contributed by atoms with Gasteiger partial charge in [-0.3, -0.25) is 9.69 Å². The SMILES string of the molecule is CC(C)(C)OC(=O)NCCCC(=O)N1CCN(c2ccc(C(F)(F)F)c[nH+]2)CC1. The van der Waals surface area contributed by atoms with Gasteiger partial charge in [-0.1, -0.05) is 0 Å². The largest absolute Gasteiger partial charge is 0.444 e. The molecular weight excluding hydrogens is 389 g/mol. The number of aromatic nitrogens is 1. The third-order valence-corrected chi connectivity index (χ3v) is 4.33. The zero-order valence-corrected chi connectivity index (χ0v) is 16.9. The Balaban J connectivity index is 1.70. The Morgan fingerprint density at radius 3 is 2.31 bits per heavy atom. The Morgan fingerprint density at radius 1 is 1.14 bits per heavy atom. The van der Waals surface area contributed by atoms with Crippen molar-refractivity contribution in [3.8, 4) is 0 Å². The van der Waals surface area contributed by atoms with Gasteiger partial charge in [-0.2, -0.15) is 13.2 Å². The second-order valence-electron chi connectivity index (χ2n) is 7.86. The second-order valence-corrected chi connectivity index (χ2v) is 7.86. The van der Waals surface area contributed by atoms with E-state index in [1.807, 2.05) is 4.90 Å². The highest BCUT2D eigenvalue weighted by atomic mass is 19.4. The van der Waals surface area contributed by atoms with Crippen molar-refractivity contribution in [2.45, 2.75) is 45.4 Å². The number of amides is 2. The van der Waals surface area contributed by atoms with Crippen molar-refractivity contribution in [2.24, 2.45) is 0 Å². The fraction of sp³-hybridized carbons (Fsp3) is 0.632. The van der Waals surface area contributed by atoms with E-state index in [0.717, 1.165) is 12.3 Å². The lowest BCUT2D eigenvalue weighted by molar-refractivity contribution is -0.367. The first-order chi connectivity index (χ1) is 13.5. The molecule has 0 bridgehead atoms. The number of hydrogen-bond donors (Lipinski definition) is 1. The molecule has 1 aromatic rings. The molecule has 1 fully saturated rings. The highest BCUT2D eigenvalue weighted by molar-refractivity contribution is 5.76. The summed E-state index contributed by atoms with van der Waals surface area (Å²) in [7, 11) is 0. The molecule has 1 saturated heterocycles. The van der Waals surface area contributed by atoms with E-state index < -0.39 is 23.4 Å². The van der Waals surface area contributed by atoms with Crippen LogP contribution in [0.5, 0.6) is 0 Å². The number of anilines is 1. The second kappa shape index (κ2) is 9.32. The molecule has 0 aromatic carbocycles. The minimum absolute atomic E-state index is 0.00737. The molecule has 7 nitrogen and oxygen atoms in total. The zero-order valence-electron chi connectivity index (χ0n) is 16.9. The van der Waals surface area contributed by atoms with Crippen LogP contribution in [0, 0.1) is 0 Å². The van der Waals surface area contributed by atoms with Crippen LogP contribution in [0.3, 0.4) is 0 Å². The van der Waals surface area contributed by atoms with Gasteiger partial charge in [0.05, 0.1) is 18.7 Å². The molecule has 29 heavy (non-hydrogen) atoms. The number of ether oxygens (including phenoxy) is 1. The zero-order chi connectivity index (χ0) is 21.7. The van der Waals surface area contributed by atoms with Crippen LogP contribution in [0.15, 0.2) is 18.3 Å². The molecule has 0 saturated carbocycles. The molecule has 2 rings (SSSR count). The van der Waals surface area contributed by atoms with E-state index in [0.29, 0.717) is 51.4 Å². The topological polar surface area (TPSA) is 76.0 Å². The lowest BCUT2D eigenvalue weighted by Crippen LogP contribution is -2.50. The predicted octanol–water partition coefficient (Wildman–Crippen LogP) is 2.47. The number of pyridine rings is 1. The van der Waals surface area contributed by atoms with Gasteiger partial charge in [0.15, 0.2) is 0 Å². The van der Waals surface area contributed by atoms with Crippen LogP contribution in [0.4, 0.5) is 23.8 Å². The molecule has 2 amide bonds. The van der Waals surface area contributed by atoms with Gasteiger partial charge < -0.3 is 15.0 Å². The van der Waals surface area contributed by atoms with Gasteiger partial charge in [0.25, 0.3) is 5.82 Å². The summed E-state index contributed by atoms with van der Waals surface area (Å²) >= 11 is 0. The lowest BCUT2D eigenvalue weighted by Gasteiger charge is -2.31. The Labute approximate surface area is 168 Å². The van der Waals surface area contributed by atoms with Crippen LogP contribution in [0.2, 0.25) is 0 Å². The number of hydrogen-bond acceptors (Lipinski definition) is 4. The van der Waals surface area contributed by atoms with E-state index in [1.54, 1.807) is 25.7 Å². The quantitative estimate of drug-likeness (QED) is 0.747. The number of alkyl carbamates (subject to hydrolysis) is 1. The van der Waals surface area contributed by atoms with E-state index >= 15 is 0 Å². The van der Waals surface area contributed by atoms with E-state index in [4.69, 9.17) is 4.74 Å². The summed E-state index contributed by atoms with van der Waals surface area (Å²) < 4.78 is 43.0. The predicted molar refractivity (Wildman–Crippen MR) is 100 cm³/mol. The van der Waals surface area contributed by atoms with E-state index in [1.165, 1.54) is 6.07 Å². The number of aromatic amines is 1. The average Bonchev–Trinajstić information content (AvgIpc) is 2.63. The van der Waals surface area contributed by atoms with Crippen molar-refractivity contribution in [1.29, 1.82) is 0 Å². The maximum absolute atomic E-state index is 12.6. The highest BCUT2D eigenvalue weighted by Gasteiger charge is 2.33. The number of nitrogens with zero attached hydrogens (tertiary/aromatic N) is 2. The normalized spacial score (nSPS) is 15.2. The van der Waals surface area contributed by atoms with Crippen molar-refractivity contribution in [3.05, 3.63) is 23.9 Å². The summed E-state index contributed by atoms with van der Waals surface area (Å²) in [6.45, 7) is 7.73. The number of nitrogens with one attached hydrogen (secondary N) is 2. The molecule has 1 aromatic heterocycles. The molecular formula is C19H28F3N4O3+. The first-order valence-electron chi connectivity index (χ1n) is 9.54.